The summed E-state index contributed by atoms with van der Waals surface area (Å²) in [6.07, 6.45) is 2.59. The number of nitriles is 1. The zero-order chi connectivity index (χ0) is 13.9. The van der Waals surface area contributed by atoms with E-state index in [-0.39, 0.29) is 30.4 Å². The number of nitrogens with zero attached hydrogens (tertiary/aromatic N) is 2. The average Bonchev–Trinajstić information content (AvgIpc) is 3.16. The molecular weight excluding hydrogens is 286 g/mol. The Morgan fingerprint density at radius 3 is 2.81 bits per heavy atom. The molecule has 0 radical (unpaired) electrons. The first-order chi connectivity index (χ1) is 9.79. The number of rotatable bonds is 2. The third-order valence-corrected chi connectivity index (χ3v) is 4.38. The highest BCUT2D eigenvalue weighted by molar-refractivity contribution is 5.85. The van der Waals surface area contributed by atoms with Crippen LogP contribution in [0, 0.1) is 11.3 Å². The van der Waals surface area contributed by atoms with Crippen molar-refractivity contribution in [3.05, 3.63) is 35.9 Å². The number of likely N-dealkylation sites (tertiary alicyclic amines) is 1. The van der Waals surface area contributed by atoms with E-state index in [0.29, 0.717) is 5.92 Å². The second kappa shape index (κ2) is 6.93. The lowest BCUT2D eigenvalue weighted by atomic mass is 9.96. The summed E-state index contributed by atoms with van der Waals surface area (Å²) in [4.78, 5) is 14.3. The minimum atomic E-state index is -0.222. The first-order valence-corrected chi connectivity index (χ1v) is 7.28. The van der Waals surface area contributed by atoms with E-state index >= 15 is 0 Å². The van der Waals surface area contributed by atoms with Gasteiger partial charge in [-0.25, -0.2) is 0 Å². The van der Waals surface area contributed by atoms with Crippen molar-refractivity contribution < 1.29 is 4.79 Å². The van der Waals surface area contributed by atoms with E-state index in [2.05, 4.69) is 23.5 Å². The van der Waals surface area contributed by atoms with Crippen LogP contribution in [0.15, 0.2) is 30.3 Å². The Bertz CT molecular complexity index is 528. The fraction of sp³-hybridized carbons (Fsp3) is 0.500. The van der Waals surface area contributed by atoms with Crippen molar-refractivity contribution in [3.8, 4) is 6.07 Å². The largest absolute Gasteiger partial charge is 0.325 e. The van der Waals surface area contributed by atoms with Gasteiger partial charge in [-0.1, -0.05) is 30.3 Å². The van der Waals surface area contributed by atoms with E-state index in [1.54, 1.807) is 4.90 Å². The van der Waals surface area contributed by atoms with Gasteiger partial charge in [-0.3, -0.25) is 4.79 Å². The lowest BCUT2D eigenvalue weighted by molar-refractivity contribution is -0.133. The van der Waals surface area contributed by atoms with Crippen molar-refractivity contribution in [3.63, 3.8) is 0 Å². The second-order valence-electron chi connectivity index (χ2n) is 5.62. The van der Waals surface area contributed by atoms with E-state index < -0.39 is 0 Å². The number of halogens is 1. The number of carbonyl (C=O) groups is 1. The SMILES string of the molecule is Cl.N#C[C@@H]1CCCN1C(=O)[C@@H]1C[C@@H](c2ccccc2)CN1. The van der Waals surface area contributed by atoms with E-state index in [1.165, 1.54) is 5.56 Å². The topological polar surface area (TPSA) is 56.1 Å². The van der Waals surface area contributed by atoms with Crippen LogP contribution >= 0.6 is 12.4 Å². The summed E-state index contributed by atoms with van der Waals surface area (Å²) in [5, 5.41) is 12.4. The molecule has 2 aliphatic rings. The number of benzene rings is 1. The molecule has 3 atom stereocenters. The number of hydrogen-bond acceptors (Lipinski definition) is 3. The van der Waals surface area contributed by atoms with Crippen molar-refractivity contribution in [1.82, 2.24) is 10.2 Å². The lowest BCUT2D eigenvalue weighted by Gasteiger charge is -2.23. The maximum atomic E-state index is 12.5. The first-order valence-electron chi connectivity index (χ1n) is 7.28. The van der Waals surface area contributed by atoms with Crippen LogP contribution in [-0.2, 0) is 4.79 Å². The Kier molecular flexibility index (Phi) is 5.22. The summed E-state index contributed by atoms with van der Waals surface area (Å²) in [6.45, 7) is 1.57. The molecule has 2 heterocycles. The van der Waals surface area contributed by atoms with Crippen LogP contribution in [0.4, 0.5) is 0 Å². The number of nitrogens with one attached hydrogen (secondary N) is 1. The van der Waals surface area contributed by atoms with Gasteiger partial charge in [0.15, 0.2) is 0 Å². The second-order valence-corrected chi connectivity index (χ2v) is 5.62. The summed E-state index contributed by atoms with van der Waals surface area (Å²) in [7, 11) is 0. The molecule has 21 heavy (non-hydrogen) atoms. The van der Waals surface area contributed by atoms with Gasteiger partial charge in [0.05, 0.1) is 12.1 Å². The molecule has 3 rings (SSSR count). The minimum Gasteiger partial charge on any atom is -0.325 e. The molecule has 0 spiro atoms. The number of amides is 1. The van der Waals surface area contributed by atoms with Crippen LogP contribution in [0.1, 0.15) is 30.7 Å². The van der Waals surface area contributed by atoms with Crippen molar-refractivity contribution >= 4 is 18.3 Å². The highest BCUT2D eigenvalue weighted by Gasteiger charge is 2.37. The Hall–Kier alpha value is -1.57. The van der Waals surface area contributed by atoms with Crippen LogP contribution in [-0.4, -0.2) is 36.0 Å². The van der Waals surface area contributed by atoms with Gasteiger partial charge in [-0.15, -0.1) is 12.4 Å². The molecule has 2 aliphatic heterocycles. The van der Waals surface area contributed by atoms with Gasteiger partial charge < -0.3 is 10.2 Å². The van der Waals surface area contributed by atoms with Crippen LogP contribution in [0.2, 0.25) is 0 Å². The summed E-state index contributed by atoms with van der Waals surface area (Å²) in [5.74, 6) is 0.501. The van der Waals surface area contributed by atoms with Crippen LogP contribution in [0.25, 0.3) is 0 Å². The molecule has 1 aromatic carbocycles. The van der Waals surface area contributed by atoms with Crippen LogP contribution in [0.5, 0.6) is 0 Å². The van der Waals surface area contributed by atoms with E-state index in [1.807, 2.05) is 18.2 Å². The Labute approximate surface area is 131 Å². The minimum absolute atomic E-state index is 0. The summed E-state index contributed by atoms with van der Waals surface area (Å²) in [5.41, 5.74) is 1.29. The highest BCUT2D eigenvalue weighted by atomic mass is 35.5. The van der Waals surface area contributed by atoms with Gasteiger partial charge in [0, 0.05) is 13.1 Å². The maximum absolute atomic E-state index is 12.5. The van der Waals surface area contributed by atoms with Gasteiger partial charge in [-0.05, 0) is 30.7 Å². The van der Waals surface area contributed by atoms with Gasteiger partial charge in [-0.2, -0.15) is 5.26 Å². The average molecular weight is 306 g/mol. The zero-order valence-electron chi connectivity index (χ0n) is 11.9. The molecule has 2 saturated heterocycles. The van der Waals surface area contributed by atoms with Crippen molar-refractivity contribution in [2.45, 2.75) is 37.3 Å². The zero-order valence-corrected chi connectivity index (χ0v) is 12.7. The van der Waals surface area contributed by atoms with Gasteiger partial charge in [0.2, 0.25) is 5.91 Å². The fourth-order valence-electron chi connectivity index (χ4n) is 3.27. The predicted octanol–water partition coefficient (Wildman–Crippen LogP) is 2.07. The normalized spacial score (nSPS) is 28.0. The first kappa shape index (κ1) is 15.8. The number of hydrogen-bond donors (Lipinski definition) is 1. The molecule has 0 saturated carbocycles. The summed E-state index contributed by atoms with van der Waals surface area (Å²) >= 11 is 0. The van der Waals surface area contributed by atoms with Crippen molar-refractivity contribution in [2.24, 2.45) is 0 Å². The third kappa shape index (κ3) is 3.20. The third-order valence-electron chi connectivity index (χ3n) is 4.38. The Morgan fingerprint density at radius 2 is 2.10 bits per heavy atom. The number of carbonyl (C=O) groups excluding carboxylic acids is 1. The Morgan fingerprint density at radius 1 is 1.33 bits per heavy atom. The summed E-state index contributed by atoms with van der Waals surface area (Å²) < 4.78 is 0. The van der Waals surface area contributed by atoms with Gasteiger partial charge in [0.25, 0.3) is 0 Å². The van der Waals surface area contributed by atoms with Gasteiger partial charge in [0.1, 0.15) is 6.04 Å². The van der Waals surface area contributed by atoms with E-state index in [0.717, 1.165) is 32.4 Å². The van der Waals surface area contributed by atoms with Crippen molar-refractivity contribution in [1.29, 1.82) is 5.26 Å². The lowest BCUT2D eigenvalue weighted by Crippen LogP contribution is -2.45. The fourth-order valence-corrected chi connectivity index (χ4v) is 3.27. The van der Waals surface area contributed by atoms with Crippen molar-refractivity contribution in [2.75, 3.05) is 13.1 Å². The quantitative estimate of drug-likeness (QED) is 0.910. The molecule has 1 aromatic rings. The molecule has 0 aliphatic carbocycles. The molecule has 112 valence electrons. The molecular formula is C16H20ClN3O. The molecule has 0 unspecified atom stereocenters. The van der Waals surface area contributed by atoms with Crippen LogP contribution < -0.4 is 5.32 Å². The molecule has 4 nitrogen and oxygen atoms in total. The smallest absolute Gasteiger partial charge is 0.240 e. The molecule has 0 bridgehead atoms. The standard InChI is InChI=1S/C16H19N3O.ClH/c17-10-14-7-4-8-19(14)16(20)15-9-13(11-18-15)12-5-2-1-3-6-12;/h1-3,5-6,13-15,18H,4,7-9,11H2;1H/t13-,14+,15+;/m1./s1. The predicted molar refractivity (Wildman–Crippen MR) is 83.2 cm³/mol. The van der Waals surface area contributed by atoms with E-state index in [4.69, 9.17) is 5.26 Å². The summed E-state index contributed by atoms with van der Waals surface area (Å²) in [6, 6.07) is 12.2. The molecule has 2 fully saturated rings. The van der Waals surface area contributed by atoms with Crippen LogP contribution in [0.3, 0.4) is 0 Å². The molecule has 1 N–H and O–H groups in total. The molecule has 5 heteroatoms. The Balaban J connectivity index is 0.00000161. The maximum Gasteiger partial charge on any atom is 0.240 e. The van der Waals surface area contributed by atoms with Gasteiger partial charge >= 0.3 is 0 Å². The highest BCUT2D eigenvalue weighted by Crippen LogP contribution is 2.28. The monoisotopic (exact) mass is 305 g/mol. The molecule has 1 amide bonds. The molecule has 0 aromatic heterocycles. The van der Waals surface area contributed by atoms with E-state index in [9.17, 15) is 4.79 Å².